The van der Waals surface area contributed by atoms with Crippen molar-refractivity contribution in [2.45, 2.75) is 31.1 Å². The molecule has 4 N–H and O–H groups in total. The molecule has 4 atom stereocenters. The van der Waals surface area contributed by atoms with Gasteiger partial charge < -0.3 is 20.8 Å². The molecule has 14 heavy (non-hydrogen) atoms. The highest BCUT2D eigenvalue weighted by Gasteiger charge is 2.55. The van der Waals surface area contributed by atoms with E-state index < -0.39 is 12.2 Å². The van der Waals surface area contributed by atoms with Gasteiger partial charge in [0.15, 0.2) is 0 Å². The van der Waals surface area contributed by atoms with Crippen molar-refractivity contribution in [2.24, 2.45) is 11.7 Å². The maximum absolute atomic E-state index is 11.6. The van der Waals surface area contributed by atoms with Crippen LogP contribution in [0.25, 0.3) is 0 Å². The zero-order valence-electron chi connectivity index (χ0n) is 7.97. The summed E-state index contributed by atoms with van der Waals surface area (Å²) in [4.78, 5) is 13.3. The van der Waals surface area contributed by atoms with Crippen molar-refractivity contribution < 1.29 is 15.0 Å². The molecule has 0 spiro atoms. The third-order valence-electron chi connectivity index (χ3n) is 3.26. The number of carbonyl (C=O) groups excluding carboxylic acids is 1. The Bertz CT molecular complexity index is 246. The molecule has 1 heterocycles. The van der Waals surface area contributed by atoms with Crippen molar-refractivity contribution in [1.29, 1.82) is 0 Å². The van der Waals surface area contributed by atoms with Crippen LogP contribution in [0.2, 0.25) is 0 Å². The summed E-state index contributed by atoms with van der Waals surface area (Å²) >= 11 is 0. The summed E-state index contributed by atoms with van der Waals surface area (Å²) in [6.07, 6.45) is -0.291. The topological polar surface area (TPSA) is 86.8 Å². The molecule has 0 radical (unpaired) electrons. The van der Waals surface area contributed by atoms with Gasteiger partial charge in [-0.25, -0.2) is 0 Å². The number of aliphatic hydroxyl groups is 2. The minimum atomic E-state index is -0.860. The van der Waals surface area contributed by atoms with Crippen LogP contribution in [0.4, 0.5) is 0 Å². The molecular formula is C9H16N2O3. The van der Waals surface area contributed by atoms with Crippen LogP contribution >= 0.6 is 0 Å². The van der Waals surface area contributed by atoms with Gasteiger partial charge in [-0.3, -0.25) is 4.79 Å². The van der Waals surface area contributed by atoms with E-state index in [0.717, 1.165) is 6.42 Å². The van der Waals surface area contributed by atoms with Gasteiger partial charge in [-0.05, 0) is 19.4 Å². The van der Waals surface area contributed by atoms with Crippen molar-refractivity contribution >= 4 is 5.91 Å². The van der Waals surface area contributed by atoms with E-state index in [1.165, 1.54) is 0 Å². The second-order valence-electron chi connectivity index (χ2n) is 4.06. The molecule has 1 aliphatic heterocycles. The largest absolute Gasteiger partial charge is 0.390 e. The van der Waals surface area contributed by atoms with Gasteiger partial charge in [0.05, 0.1) is 18.1 Å². The summed E-state index contributed by atoms with van der Waals surface area (Å²) in [6.45, 7) is 1.14. The van der Waals surface area contributed by atoms with Gasteiger partial charge in [0.25, 0.3) is 0 Å². The van der Waals surface area contributed by atoms with Crippen LogP contribution in [0, 0.1) is 5.92 Å². The summed E-state index contributed by atoms with van der Waals surface area (Å²) in [5, 5.41) is 19.1. The maximum atomic E-state index is 11.6. The Labute approximate surface area is 82.5 Å². The molecule has 2 rings (SSSR count). The molecule has 2 fully saturated rings. The first kappa shape index (κ1) is 9.89. The van der Waals surface area contributed by atoms with Crippen LogP contribution in [-0.2, 0) is 4.79 Å². The highest BCUT2D eigenvalue weighted by molar-refractivity contribution is 5.83. The molecule has 0 aromatic carbocycles. The highest BCUT2D eigenvalue weighted by atomic mass is 16.3. The van der Waals surface area contributed by atoms with Crippen LogP contribution in [0.3, 0.4) is 0 Å². The Morgan fingerprint density at radius 2 is 2.14 bits per heavy atom. The molecule has 2 bridgehead atoms. The number of carbonyl (C=O) groups is 1. The minimum Gasteiger partial charge on any atom is -0.390 e. The van der Waals surface area contributed by atoms with Gasteiger partial charge in [-0.1, -0.05) is 0 Å². The lowest BCUT2D eigenvalue weighted by Gasteiger charge is -2.33. The molecule has 5 heteroatoms. The van der Waals surface area contributed by atoms with E-state index in [1.54, 1.807) is 4.90 Å². The highest BCUT2D eigenvalue weighted by Crippen LogP contribution is 2.38. The smallest absolute Gasteiger partial charge is 0.228 e. The van der Waals surface area contributed by atoms with E-state index in [9.17, 15) is 15.0 Å². The zero-order valence-corrected chi connectivity index (χ0v) is 7.97. The predicted molar refractivity (Wildman–Crippen MR) is 49.3 cm³/mol. The molecule has 2 aliphatic rings. The van der Waals surface area contributed by atoms with Gasteiger partial charge in [-0.15, -0.1) is 0 Å². The van der Waals surface area contributed by atoms with Crippen LogP contribution in [0.5, 0.6) is 0 Å². The van der Waals surface area contributed by atoms with E-state index in [4.69, 9.17) is 5.73 Å². The number of amides is 1. The second-order valence-corrected chi connectivity index (χ2v) is 4.06. The number of hydrogen-bond acceptors (Lipinski definition) is 4. The SMILES string of the molecule is NCCCN1C(=O)[C@H]2C[C@@H]1[C@H](O)[C@H]2O. The van der Waals surface area contributed by atoms with Crippen molar-refractivity contribution in [3.05, 3.63) is 0 Å². The normalized spacial score (nSPS) is 41.1. The third kappa shape index (κ3) is 1.24. The Morgan fingerprint density at radius 1 is 1.43 bits per heavy atom. The molecule has 0 aromatic heterocycles. The average Bonchev–Trinajstić information content (AvgIpc) is 2.63. The van der Waals surface area contributed by atoms with Gasteiger partial charge >= 0.3 is 0 Å². The first-order chi connectivity index (χ1) is 6.66. The van der Waals surface area contributed by atoms with Gasteiger partial charge in [-0.2, -0.15) is 0 Å². The van der Waals surface area contributed by atoms with E-state index in [-0.39, 0.29) is 17.9 Å². The summed E-state index contributed by atoms with van der Waals surface area (Å²) in [7, 11) is 0. The molecule has 0 aromatic rings. The predicted octanol–water partition coefficient (Wildman–Crippen LogP) is -1.71. The fourth-order valence-electron chi connectivity index (χ4n) is 2.48. The molecule has 1 amide bonds. The van der Waals surface area contributed by atoms with Crippen LogP contribution in [0.1, 0.15) is 12.8 Å². The van der Waals surface area contributed by atoms with Gasteiger partial charge in [0.1, 0.15) is 6.10 Å². The number of hydrogen-bond donors (Lipinski definition) is 3. The van der Waals surface area contributed by atoms with Crippen LogP contribution in [-0.4, -0.2) is 52.4 Å². The maximum Gasteiger partial charge on any atom is 0.228 e. The molecular weight excluding hydrogens is 184 g/mol. The van der Waals surface area contributed by atoms with E-state index in [1.807, 2.05) is 0 Å². The lowest BCUT2D eigenvalue weighted by molar-refractivity contribution is -0.146. The summed E-state index contributed by atoms with van der Waals surface area (Å²) in [5.41, 5.74) is 5.36. The lowest BCUT2D eigenvalue weighted by Crippen LogP contribution is -2.51. The third-order valence-corrected chi connectivity index (χ3v) is 3.26. The number of likely N-dealkylation sites (tertiary alicyclic amines) is 1. The van der Waals surface area contributed by atoms with Gasteiger partial charge in [0.2, 0.25) is 5.91 Å². The van der Waals surface area contributed by atoms with Crippen molar-refractivity contribution in [3.8, 4) is 0 Å². The van der Waals surface area contributed by atoms with E-state index in [2.05, 4.69) is 0 Å². The lowest BCUT2D eigenvalue weighted by atomic mass is 10.0. The Balaban J connectivity index is 2.05. The van der Waals surface area contributed by atoms with Crippen molar-refractivity contribution in [2.75, 3.05) is 13.1 Å². The molecule has 1 saturated heterocycles. The fraction of sp³-hybridized carbons (Fsp3) is 0.889. The standard InChI is InChI=1S/C9H16N2O3/c10-2-1-3-11-6-4-5(9(11)14)7(12)8(6)13/h5-8,12-13H,1-4,10H2/t5-,6+,7-,8-/m0/s1. The monoisotopic (exact) mass is 200 g/mol. The summed E-state index contributed by atoms with van der Waals surface area (Å²) < 4.78 is 0. The molecule has 1 aliphatic carbocycles. The van der Waals surface area contributed by atoms with Crippen LogP contribution in [0.15, 0.2) is 0 Å². The minimum absolute atomic E-state index is 0.0266. The molecule has 80 valence electrons. The van der Waals surface area contributed by atoms with Gasteiger partial charge in [0, 0.05) is 6.54 Å². The molecule has 5 nitrogen and oxygen atoms in total. The number of aliphatic hydroxyl groups excluding tert-OH is 2. The number of piperidine rings is 1. The average molecular weight is 200 g/mol. The fourth-order valence-corrected chi connectivity index (χ4v) is 2.48. The molecule has 0 unspecified atom stereocenters. The number of nitrogens with two attached hydrogens (primary N) is 1. The van der Waals surface area contributed by atoms with Crippen LogP contribution < -0.4 is 5.73 Å². The summed E-state index contributed by atoms with van der Waals surface area (Å²) in [6, 6.07) is -0.186. The van der Waals surface area contributed by atoms with E-state index >= 15 is 0 Å². The summed E-state index contributed by atoms with van der Waals surface area (Å²) in [5.74, 6) is -0.408. The Kier molecular flexibility index (Phi) is 2.47. The first-order valence-electron chi connectivity index (χ1n) is 5.03. The first-order valence-corrected chi connectivity index (χ1v) is 5.03. The van der Waals surface area contributed by atoms with Crippen molar-refractivity contribution in [3.63, 3.8) is 0 Å². The number of fused-ring (bicyclic) bond motifs is 2. The second kappa shape index (κ2) is 3.49. The quantitative estimate of drug-likeness (QED) is 0.506. The molecule has 1 saturated carbocycles. The number of nitrogens with zero attached hydrogens (tertiary/aromatic N) is 1. The number of rotatable bonds is 3. The Morgan fingerprint density at radius 3 is 2.71 bits per heavy atom. The Hall–Kier alpha value is -0.650. The van der Waals surface area contributed by atoms with E-state index in [0.29, 0.717) is 19.5 Å². The van der Waals surface area contributed by atoms with Crippen molar-refractivity contribution in [1.82, 2.24) is 4.90 Å². The zero-order chi connectivity index (χ0) is 10.3.